The van der Waals surface area contributed by atoms with Crippen LogP contribution in [-0.2, 0) is 11.3 Å². The third-order valence-electron chi connectivity index (χ3n) is 9.07. The number of likely N-dealkylation sites (N-methyl/N-ethyl adjacent to an activating group) is 1. The molecule has 0 bridgehead atoms. The molecular weight excluding hydrogens is 554 g/mol. The Kier molecular flexibility index (Phi) is 10.3. The van der Waals surface area contributed by atoms with Crippen LogP contribution in [0.15, 0.2) is 78.9 Å². The van der Waals surface area contributed by atoms with Crippen molar-refractivity contribution in [1.29, 1.82) is 0 Å². The van der Waals surface area contributed by atoms with Crippen LogP contribution in [-0.4, -0.2) is 90.1 Å². The zero-order chi connectivity index (χ0) is 31.1. The van der Waals surface area contributed by atoms with E-state index in [-0.39, 0.29) is 23.8 Å². The second-order valence-electron chi connectivity index (χ2n) is 12.0. The molecule has 232 valence electrons. The summed E-state index contributed by atoms with van der Waals surface area (Å²) in [5.41, 5.74) is 9.88. The number of hydrogen-bond donors (Lipinski definition) is 2. The Morgan fingerprint density at radius 2 is 1.43 bits per heavy atom. The summed E-state index contributed by atoms with van der Waals surface area (Å²) in [5.74, 6) is -0.232. The summed E-state index contributed by atoms with van der Waals surface area (Å²) in [6, 6.07) is 25.3. The van der Waals surface area contributed by atoms with Crippen molar-refractivity contribution in [2.45, 2.75) is 38.3 Å². The standard InChI is InChI=1S/C35H43N5O4/c1-37(34(42)29-13-11-26(12-14-29)25-39-19-15-28(16-20-39)33(36)41)23-24-38-21-17-30(18-22-38)40(35(43)44)32-10-6-5-9-31(32)27-7-3-2-4-8-27/h2-14,28,30H,15-25H2,1H3,(H2,36,41)(H,43,44). The van der Waals surface area contributed by atoms with Gasteiger partial charge in [0.2, 0.25) is 5.91 Å². The van der Waals surface area contributed by atoms with E-state index in [2.05, 4.69) is 9.80 Å². The molecule has 3 amide bonds. The fraction of sp³-hybridized carbons (Fsp3) is 0.400. The van der Waals surface area contributed by atoms with Crippen LogP contribution in [0.1, 0.15) is 41.6 Å². The van der Waals surface area contributed by atoms with Crippen molar-refractivity contribution in [3.05, 3.63) is 90.0 Å². The van der Waals surface area contributed by atoms with Gasteiger partial charge >= 0.3 is 6.09 Å². The monoisotopic (exact) mass is 597 g/mol. The first-order valence-corrected chi connectivity index (χ1v) is 15.5. The van der Waals surface area contributed by atoms with Crippen LogP contribution < -0.4 is 10.6 Å². The fourth-order valence-electron chi connectivity index (χ4n) is 6.40. The SMILES string of the molecule is CN(CCN1CCC(N(C(=O)O)c2ccccc2-c2ccccc2)CC1)C(=O)c1ccc(CN2CCC(C(N)=O)CC2)cc1. The van der Waals surface area contributed by atoms with Crippen LogP contribution in [0, 0.1) is 5.92 Å². The topological polar surface area (TPSA) is 110 Å². The number of nitrogens with zero attached hydrogens (tertiary/aromatic N) is 4. The zero-order valence-electron chi connectivity index (χ0n) is 25.5. The number of benzene rings is 3. The number of piperidine rings is 2. The van der Waals surface area contributed by atoms with Gasteiger partial charge in [0.15, 0.2) is 0 Å². The molecule has 0 saturated carbocycles. The maximum absolute atomic E-state index is 13.1. The van der Waals surface area contributed by atoms with E-state index in [9.17, 15) is 19.5 Å². The molecule has 3 N–H and O–H groups in total. The van der Waals surface area contributed by atoms with E-state index in [4.69, 9.17) is 5.73 Å². The smallest absolute Gasteiger partial charge is 0.412 e. The first-order chi connectivity index (χ1) is 21.3. The molecule has 0 radical (unpaired) electrons. The largest absolute Gasteiger partial charge is 0.465 e. The minimum atomic E-state index is -0.934. The van der Waals surface area contributed by atoms with Gasteiger partial charge in [-0.05, 0) is 68.1 Å². The lowest BCUT2D eigenvalue weighted by Gasteiger charge is -2.38. The van der Waals surface area contributed by atoms with Crippen LogP contribution >= 0.6 is 0 Å². The van der Waals surface area contributed by atoms with E-state index >= 15 is 0 Å². The summed E-state index contributed by atoms with van der Waals surface area (Å²) >= 11 is 0. The second kappa shape index (κ2) is 14.5. The van der Waals surface area contributed by atoms with E-state index < -0.39 is 6.09 Å². The van der Waals surface area contributed by atoms with Crippen molar-refractivity contribution in [3.8, 4) is 11.1 Å². The maximum atomic E-state index is 13.1. The first kappa shape index (κ1) is 31.2. The molecule has 2 fully saturated rings. The highest BCUT2D eigenvalue weighted by Gasteiger charge is 2.31. The predicted octanol–water partition coefficient (Wildman–Crippen LogP) is 4.77. The number of anilines is 1. The average Bonchev–Trinajstić information content (AvgIpc) is 3.05. The van der Waals surface area contributed by atoms with Crippen molar-refractivity contribution >= 4 is 23.6 Å². The highest BCUT2D eigenvalue weighted by atomic mass is 16.4. The molecule has 2 saturated heterocycles. The number of carboxylic acid groups (broad SMARTS) is 1. The number of likely N-dealkylation sites (tertiary alicyclic amines) is 2. The third-order valence-corrected chi connectivity index (χ3v) is 9.07. The molecule has 9 heteroatoms. The van der Waals surface area contributed by atoms with E-state index in [0.29, 0.717) is 17.8 Å². The quantitative estimate of drug-likeness (QED) is 0.348. The normalized spacial score (nSPS) is 16.8. The van der Waals surface area contributed by atoms with E-state index in [0.717, 1.165) is 81.6 Å². The van der Waals surface area contributed by atoms with Crippen molar-refractivity contribution in [1.82, 2.24) is 14.7 Å². The lowest BCUT2D eigenvalue weighted by molar-refractivity contribution is -0.123. The molecule has 3 aromatic carbocycles. The van der Waals surface area contributed by atoms with Crippen LogP contribution in [0.5, 0.6) is 0 Å². The van der Waals surface area contributed by atoms with Crippen molar-refractivity contribution in [2.24, 2.45) is 11.7 Å². The van der Waals surface area contributed by atoms with E-state index in [1.807, 2.05) is 85.9 Å². The number of amides is 3. The summed E-state index contributed by atoms with van der Waals surface area (Å²) in [7, 11) is 1.83. The van der Waals surface area contributed by atoms with Gasteiger partial charge in [-0.2, -0.15) is 0 Å². The minimum absolute atomic E-state index is 0.0109. The van der Waals surface area contributed by atoms with Gasteiger partial charge in [0.25, 0.3) is 5.91 Å². The molecule has 0 unspecified atom stereocenters. The number of carbonyl (C=O) groups is 3. The zero-order valence-corrected chi connectivity index (χ0v) is 25.5. The summed E-state index contributed by atoms with van der Waals surface area (Å²) < 4.78 is 0. The molecule has 0 aromatic heterocycles. The van der Waals surface area contributed by atoms with Crippen LogP contribution in [0.2, 0.25) is 0 Å². The molecule has 2 aliphatic heterocycles. The number of carbonyl (C=O) groups excluding carboxylic acids is 2. The Morgan fingerprint density at radius 1 is 0.818 bits per heavy atom. The predicted molar refractivity (Wildman–Crippen MR) is 172 cm³/mol. The summed E-state index contributed by atoms with van der Waals surface area (Å²) in [4.78, 5) is 45.0. The molecule has 0 spiro atoms. The van der Waals surface area contributed by atoms with Gasteiger partial charge in [-0.1, -0.05) is 60.7 Å². The Hall–Kier alpha value is -4.21. The van der Waals surface area contributed by atoms with E-state index in [1.54, 1.807) is 9.80 Å². The van der Waals surface area contributed by atoms with Crippen LogP contribution in [0.3, 0.4) is 0 Å². The first-order valence-electron chi connectivity index (χ1n) is 15.5. The second-order valence-corrected chi connectivity index (χ2v) is 12.0. The van der Waals surface area contributed by atoms with Crippen molar-refractivity contribution < 1.29 is 19.5 Å². The molecule has 44 heavy (non-hydrogen) atoms. The fourth-order valence-corrected chi connectivity index (χ4v) is 6.40. The molecule has 9 nitrogen and oxygen atoms in total. The number of hydrogen-bond acceptors (Lipinski definition) is 5. The van der Waals surface area contributed by atoms with Gasteiger partial charge in [-0.15, -0.1) is 0 Å². The van der Waals surface area contributed by atoms with E-state index in [1.165, 1.54) is 0 Å². The van der Waals surface area contributed by atoms with Gasteiger partial charge in [-0.3, -0.25) is 19.4 Å². The molecule has 2 heterocycles. The number of primary amides is 1. The maximum Gasteiger partial charge on any atom is 0.412 e. The van der Waals surface area contributed by atoms with Gasteiger partial charge in [0.1, 0.15) is 0 Å². The van der Waals surface area contributed by atoms with Crippen LogP contribution in [0.4, 0.5) is 10.5 Å². The number of nitrogens with two attached hydrogens (primary N) is 1. The molecule has 3 aromatic rings. The molecular formula is C35H43N5O4. The molecule has 0 atom stereocenters. The Labute approximate surface area is 259 Å². The van der Waals surface area contributed by atoms with Gasteiger partial charge in [0, 0.05) is 62.9 Å². The average molecular weight is 598 g/mol. The number of rotatable bonds is 10. The van der Waals surface area contributed by atoms with Gasteiger partial charge in [0.05, 0.1) is 5.69 Å². The summed E-state index contributed by atoms with van der Waals surface area (Å²) in [6.45, 7) is 5.38. The van der Waals surface area contributed by atoms with Gasteiger partial charge in [-0.25, -0.2) is 4.79 Å². The summed E-state index contributed by atoms with van der Waals surface area (Å²) in [5, 5.41) is 10.2. The molecule has 0 aliphatic carbocycles. The van der Waals surface area contributed by atoms with Crippen LogP contribution in [0.25, 0.3) is 11.1 Å². The molecule has 2 aliphatic rings. The third kappa shape index (κ3) is 7.65. The Bertz CT molecular complexity index is 1410. The number of para-hydroxylation sites is 1. The Morgan fingerprint density at radius 3 is 2.07 bits per heavy atom. The van der Waals surface area contributed by atoms with Gasteiger partial charge < -0.3 is 20.6 Å². The minimum Gasteiger partial charge on any atom is -0.465 e. The highest BCUT2D eigenvalue weighted by Crippen LogP contribution is 2.34. The van der Waals surface area contributed by atoms with Crippen molar-refractivity contribution in [3.63, 3.8) is 0 Å². The summed E-state index contributed by atoms with van der Waals surface area (Å²) in [6.07, 6.45) is 2.13. The lowest BCUT2D eigenvalue weighted by Crippen LogP contribution is -2.48. The lowest BCUT2D eigenvalue weighted by atomic mass is 9.96. The Balaban J connectivity index is 1.10. The van der Waals surface area contributed by atoms with Crippen molar-refractivity contribution in [2.75, 3.05) is 51.2 Å². The highest BCUT2D eigenvalue weighted by molar-refractivity contribution is 5.94. The molecule has 5 rings (SSSR count).